The van der Waals surface area contributed by atoms with Crippen molar-refractivity contribution in [1.82, 2.24) is 10.2 Å². The number of hydrogen-bond acceptors (Lipinski definition) is 2. The van der Waals surface area contributed by atoms with Crippen LogP contribution < -0.4 is 5.32 Å². The third kappa shape index (κ3) is 7.77. The summed E-state index contributed by atoms with van der Waals surface area (Å²) >= 11 is 0. The second kappa shape index (κ2) is 9.90. The second-order valence-electron chi connectivity index (χ2n) is 5.62. The average Bonchev–Trinajstić information content (AvgIpc) is 2.29. The Morgan fingerprint density at radius 1 is 0.941 bits per heavy atom. The molecular formula is C15H34N2. The van der Waals surface area contributed by atoms with Gasteiger partial charge < -0.3 is 5.32 Å². The summed E-state index contributed by atoms with van der Waals surface area (Å²) in [4.78, 5) is 2.67. The van der Waals surface area contributed by atoms with Crippen molar-refractivity contribution in [1.29, 1.82) is 0 Å². The normalized spacial score (nSPS) is 13.9. The summed E-state index contributed by atoms with van der Waals surface area (Å²) in [5.41, 5.74) is 0. The highest BCUT2D eigenvalue weighted by Gasteiger charge is 2.15. The Balaban J connectivity index is 4.09. The van der Waals surface area contributed by atoms with Crippen LogP contribution in [-0.4, -0.2) is 36.6 Å². The molecule has 0 aromatic rings. The monoisotopic (exact) mass is 242 g/mol. The van der Waals surface area contributed by atoms with E-state index in [1.165, 1.54) is 32.4 Å². The second-order valence-corrected chi connectivity index (χ2v) is 5.62. The van der Waals surface area contributed by atoms with Crippen molar-refractivity contribution in [2.75, 3.05) is 19.6 Å². The largest absolute Gasteiger partial charge is 0.313 e. The van der Waals surface area contributed by atoms with E-state index in [4.69, 9.17) is 0 Å². The van der Waals surface area contributed by atoms with Gasteiger partial charge in [0.25, 0.3) is 0 Å². The third-order valence-corrected chi connectivity index (χ3v) is 3.56. The van der Waals surface area contributed by atoms with E-state index >= 15 is 0 Å². The lowest BCUT2D eigenvalue weighted by Gasteiger charge is -2.32. The van der Waals surface area contributed by atoms with Crippen molar-refractivity contribution in [3.05, 3.63) is 0 Å². The van der Waals surface area contributed by atoms with Crippen LogP contribution in [0.3, 0.4) is 0 Å². The first-order chi connectivity index (χ1) is 8.04. The molecule has 1 N–H and O–H groups in total. The molecule has 0 radical (unpaired) electrons. The van der Waals surface area contributed by atoms with E-state index in [-0.39, 0.29) is 0 Å². The van der Waals surface area contributed by atoms with Crippen LogP contribution >= 0.6 is 0 Å². The molecule has 0 saturated carbocycles. The summed E-state index contributed by atoms with van der Waals surface area (Å²) in [6, 6.07) is 1.41. The van der Waals surface area contributed by atoms with Gasteiger partial charge in [0, 0.05) is 31.7 Å². The Bertz CT molecular complexity index is 164. The van der Waals surface area contributed by atoms with Gasteiger partial charge in [0.15, 0.2) is 0 Å². The summed E-state index contributed by atoms with van der Waals surface area (Å²) in [5, 5.41) is 3.60. The van der Waals surface area contributed by atoms with E-state index in [1.54, 1.807) is 0 Å². The van der Waals surface area contributed by atoms with Crippen LogP contribution in [0.2, 0.25) is 0 Å². The summed E-state index contributed by atoms with van der Waals surface area (Å²) in [6.07, 6.45) is 3.76. The van der Waals surface area contributed by atoms with Gasteiger partial charge in [0.2, 0.25) is 0 Å². The maximum Gasteiger partial charge on any atom is 0.0110 e. The smallest absolute Gasteiger partial charge is 0.0110 e. The molecule has 0 aliphatic rings. The van der Waals surface area contributed by atoms with Gasteiger partial charge in [0.1, 0.15) is 0 Å². The lowest BCUT2D eigenvalue weighted by atomic mass is 10.1. The molecule has 0 rings (SSSR count). The minimum Gasteiger partial charge on any atom is -0.313 e. The molecule has 2 heteroatoms. The van der Waals surface area contributed by atoms with Gasteiger partial charge in [-0.15, -0.1) is 0 Å². The van der Waals surface area contributed by atoms with Gasteiger partial charge in [-0.1, -0.05) is 34.6 Å². The van der Waals surface area contributed by atoms with Gasteiger partial charge in [0.05, 0.1) is 0 Å². The molecule has 0 aliphatic carbocycles. The number of nitrogens with one attached hydrogen (secondary N) is 1. The summed E-state index contributed by atoms with van der Waals surface area (Å²) in [6.45, 7) is 17.3. The van der Waals surface area contributed by atoms with Gasteiger partial charge in [-0.3, -0.25) is 4.90 Å². The van der Waals surface area contributed by atoms with Crippen LogP contribution in [0.15, 0.2) is 0 Å². The highest BCUT2D eigenvalue weighted by atomic mass is 15.2. The molecule has 0 fully saturated rings. The molecule has 0 bridgehead atoms. The molecule has 0 spiro atoms. The predicted octanol–water partition coefficient (Wildman–Crippen LogP) is 3.52. The zero-order chi connectivity index (χ0) is 13.3. The minimum atomic E-state index is 0.651. The van der Waals surface area contributed by atoms with Gasteiger partial charge in [-0.25, -0.2) is 0 Å². The lowest BCUT2D eigenvalue weighted by molar-refractivity contribution is 0.165. The summed E-state index contributed by atoms with van der Waals surface area (Å²) < 4.78 is 0. The number of nitrogens with zero attached hydrogens (tertiary/aromatic N) is 1. The summed E-state index contributed by atoms with van der Waals surface area (Å²) in [7, 11) is 0. The van der Waals surface area contributed by atoms with Crippen LogP contribution in [0, 0.1) is 5.92 Å². The van der Waals surface area contributed by atoms with E-state index in [1.807, 2.05) is 0 Å². The van der Waals surface area contributed by atoms with Crippen LogP contribution in [0.25, 0.3) is 0 Å². The van der Waals surface area contributed by atoms with E-state index < -0.39 is 0 Å². The topological polar surface area (TPSA) is 15.3 Å². The standard InChI is InChI=1S/C15H34N2/c1-7-14(6)16-10-11-17(12-13(4)5)15(8-2)9-3/h13-16H,7-12H2,1-6H3. The summed E-state index contributed by atoms with van der Waals surface area (Å²) in [5.74, 6) is 0.763. The van der Waals surface area contributed by atoms with Gasteiger partial charge in [-0.2, -0.15) is 0 Å². The van der Waals surface area contributed by atoms with Crippen molar-refractivity contribution in [2.45, 2.75) is 72.9 Å². The van der Waals surface area contributed by atoms with Crippen LogP contribution in [-0.2, 0) is 0 Å². The van der Waals surface area contributed by atoms with Crippen molar-refractivity contribution in [2.24, 2.45) is 5.92 Å². The Hall–Kier alpha value is -0.0800. The van der Waals surface area contributed by atoms with E-state index in [2.05, 4.69) is 51.8 Å². The number of hydrogen-bond donors (Lipinski definition) is 1. The molecule has 17 heavy (non-hydrogen) atoms. The van der Waals surface area contributed by atoms with Gasteiger partial charge >= 0.3 is 0 Å². The maximum atomic E-state index is 3.60. The fraction of sp³-hybridized carbons (Fsp3) is 1.00. The number of rotatable bonds is 10. The van der Waals surface area contributed by atoms with E-state index in [9.17, 15) is 0 Å². The van der Waals surface area contributed by atoms with Crippen LogP contribution in [0.1, 0.15) is 60.8 Å². The Labute approximate surface area is 109 Å². The zero-order valence-electron chi connectivity index (χ0n) is 12.9. The van der Waals surface area contributed by atoms with Crippen LogP contribution in [0.4, 0.5) is 0 Å². The Morgan fingerprint density at radius 2 is 1.53 bits per heavy atom. The van der Waals surface area contributed by atoms with Gasteiger partial charge in [-0.05, 0) is 32.1 Å². The molecule has 1 unspecified atom stereocenters. The van der Waals surface area contributed by atoms with E-state index in [0.29, 0.717) is 6.04 Å². The van der Waals surface area contributed by atoms with Crippen molar-refractivity contribution < 1.29 is 0 Å². The average molecular weight is 242 g/mol. The fourth-order valence-corrected chi connectivity index (χ4v) is 2.30. The molecule has 104 valence electrons. The molecular weight excluding hydrogens is 208 g/mol. The van der Waals surface area contributed by atoms with Crippen molar-refractivity contribution in [3.63, 3.8) is 0 Å². The SMILES string of the molecule is CCC(C)NCCN(CC(C)C)C(CC)CC. The third-order valence-electron chi connectivity index (χ3n) is 3.56. The fourth-order valence-electron chi connectivity index (χ4n) is 2.30. The molecule has 0 aliphatic heterocycles. The molecule has 2 nitrogen and oxygen atoms in total. The first-order valence-electron chi connectivity index (χ1n) is 7.52. The highest BCUT2D eigenvalue weighted by Crippen LogP contribution is 2.10. The van der Waals surface area contributed by atoms with E-state index in [0.717, 1.165) is 18.5 Å². The lowest BCUT2D eigenvalue weighted by Crippen LogP contribution is -2.42. The highest BCUT2D eigenvalue weighted by molar-refractivity contribution is 4.72. The molecule has 0 aromatic carbocycles. The van der Waals surface area contributed by atoms with Crippen molar-refractivity contribution in [3.8, 4) is 0 Å². The van der Waals surface area contributed by atoms with Crippen molar-refractivity contribution >= 4 is 0 Å². The molecule has 0 amide bonds. The molecule has 1 atom stereocenters. The molecule has 0 saturated heterocycles. The first-order valence-corrected chi connectivity index (χ1v) is 7.52. The Morgan fingerprint density at radius 3 is 1.94 bits per heavy atom. The van der Waals surface area contributed by atoms with Crippen LogP contribution in [0.5, 0.6) is 0 Å². The zero-order valence-corrected chi connectivity index (χ0v) is 12.9. The molecule has 0 aromatic heterocycles. The maximum absolute atomic E-state index is 3.60. The Kier molecular flexibility index (Phi) is 9.85. The predicted molar refractivity (Wildman–Crippen MR) is 78.5 cm³/mol. The molecule has 0 heterocycles. The first kappa shape index (κ1) is 16.9. The minimum absolute atomic E-state index is 0.651. The quantitative estimate of drug-likeness (QED) is 0.630.